The van der Waals surface area contributed by atoms with E-state index in [1.165, 1.54) is 5.56 Å². The quantitative estimate of drug-likeness (QED) is 0.802. The van der Waals surface area contributed by atoms with Crippen LogP contribution in [0.5, 0.6) is 0 Å². The van der Waals surface area contributed by atoms with E-state index in [2.05, 4.69) is 35.6 Å². The summed E-state index contributed by atoms with van der Waals surface area (Å²) in [4.78, 5) is 24.0. The summed E-state index contributed by atoms with van der Waals surface area (Å²) >= 11 is 0. The van der Waals surface area contributed by atoms with Gasteiger partial charge in [-0.25, -0.2) is 9.97 Å². The zero-order chi connectivity index (χ0) is 17.9. The van der Waals surface area contributed by atoms with Crippen molar-refractivity contribution in [1.82, 2.24) is 14.9 Å². The maximum atomic E-state index is 13.2. The smallest absolute Gasteiger partial charge is 0.187 e. The van der Waals surface area contributed by atoms with Crippen LogP contribution >= 0.6 is 0 Å². The number of ether oxygens (including phenoxy) is 1. The third-order valence-corrected chi connectivity index (χ3v) is 4.52. The number of hydrogen-bond acceptors (Lipinski definition) is 5. The summed E-state index contributed by atoms with van der Waals surface area (Å²) in [6, 6.07) is 9.21. The van der Waals surface area contributed by atoms with Crippen molar-refractivity contribution in [2.75, 3.05) is 26.3 Å². The van der Waals surface area contributed by atoms with Crippen molar-refractivity contribution < 1.29 is 9.53 Å². The number of morpholine rings is 1. The van der Waals surface area contributed by atoms with Gasteiger partial charge in [-0.3, -0.25) is 9.69 Å². The van der Waals surface area contributed by atoms with Crippen LogP contribution in [0.3, 0.4) is 0 Å². The van der Waals surface area contributed by atoms with Gasteiger partial charge >= 0.3 is 0 Å². The fraction of sp³-hybridized carbons (Fsp3) is 0.450. The Labute approximate surface area is 149 Å². The number of carbonyl (C=O) groups is 1. The van der Waals surface area contributed by atoms with E-state index in [0.29, 0.717) is 37.7 Å². The minimum absolute atomic E-state index is 0.0357. The topological polar surface area (TPSA) is 55.3 Å². The molecular weight excluding hydrogens is 314 g/mol. The number of nitrogens with zero attached hydrogens (tertiary/aromatic N) is 3. The van der Waals surface area contributed by atoms with E-state index in [4.69, 9.17) is 4.74 Å². The zero-order valence-electron chi connectivity index (χ0n) is 15.1. The second-order valence-corrected chi connectivity index (χ2v) is 7.35. The summed E-state index contributed by atoms with van der Waals surface area (Å²) in [5.41, 5.74) is 1.97. The fourth-order valence-electron chi connectivity index (χ4n) is 3.03. The third kappa shape index (κ3) is 4.11. The molecule has 132 valence electrons. The number of aromatic nitrogens is 2. The van der Waals surface area contributed by atoms with Crippen molar-refractivity contribution in [3.63, 3.8) is 0 Å². The lowest BCUT2D eigenvalue weighted by Crippen LogP contribution is -2.42. The average molecular weight is 339 g/mol. The van der Waals surface area contributed by atoms with Crippen LogP contribution in [0.1, 0.15) is 48.6 Å². The van der Waals surface area contributed by atoms with Crippen molar-refractivity contribution in [2.24, 2.45) is 0 Å². The van der Waals surface area contributed by atoms with Gasteiger partial charge in [0.2, 0.25) is 0 Å². The highest BCUT2D eigenvalue weighted by atomic mass is 16.5. The Morgan fingerprint density at radius 3 is 2.24 bits per heavy atom. The summed E-state index contributed by atoms with van der Waals surface area (Å²) < 4.78 is 5.43. The average Bonchev–Trinajstić information content (AvgIpc) is 2.63. The van der Waals surface area contributed by atoms with E-state index in [1.54, 1.807) is 18.5 Å². The molecule has 0 aliphatic carbocycles. The summed E-state index contributed by atoms with van der Waals surface area (Å²) in [5, 5.41) is 0. The zero-order valence-corrected chi connectivity index (χ0v) is 15.1. The van der Waals surface area contributed by atoms with E-state index in [1.807, 2.05) is 24.3 Å². The molecule has 1 aromatic carbocycles. The van der Waals surface area contributed by atoms with Crippen LogP contribution in [-0.4, -0.2) is 47.0 Å². The molecule has 0 amide bonds. The Hall–Kier alpha value is -2.11. The highest BCUT2D eigenvalue weighted by Gasteiger charge is 2.32. The normalized spacial score (nSPS) is 17.2. The Kier molecular flexibility index (Phi) is 5.25. The van der Waals surface area contributed by atoms with Crippen LogP contribution in [0.2, 0.25) is 0 Å². The van der Waals surface area contributed by atoms with Crippen molar-refractivity contribution >= 4 is 5.78 Å². The SMILES string of the molecule is CC(C)(C)c1ccc(C(=O)C(c2ncccn2)N2CCOCC2)cc1. The van der Waals surface area contributed by atoms with Crippen molar-refractivity contribution in [2.45, 2.75) is 32.2 Å². The van der Waals surface area contributed by atoms with Crippen LogP contribution in [0.4, 0.5) is 0 Å². The van der Waals surface area contributed by atoms with Crippen LogP contribution in [0.15, 0.2) is 42.7 Å². The van der Waals surface area contributed by atoms with Crippen molar-refractivity contribution in [3.8, 4) is 0 Å². The first kappa shape index (κ1) is 17.7. The molecule has 2 heterocycles. The number of carbonyl (C=O) groups excluding carboxylic acids is 1. The van der Waals surface area contributed by atoms with Gasteiger partial charge in [-0.05, 0) is 17.0 Å². The van der Waals surface area contributed by atoms with Crippen LogP contribution in [0, 0.1) is 0 Å². The molecule has 1 aromatic heterocycles. The molecule has 1 unspecified atom stereocenters. The second-order valence-electron chi connectivity index (χ2n) is 7.35. The predicted octanol–water partition coefficient (Wildman–Crippen LogP) is 3.03. The fourth-order valence-corrected chi connectivity index (χ4v) is 3.03. The van der Waals surface area contributed by atoms with Gasteiger partial charge in [-0.15, -0.1) is 0 Å². The number of benzene rings is 1. The number of Topliss-reactive ketones (excluding diaryl/α,β-unsaturated/α-hetero) is 1. The molecule has 25 heavy (non-hydrogen) atoms. The molecule has 0 spiro atoms. The molecule has 1 atom stereocenters. The third-order valence-electron chi connectivity index (χ3n) is 4.52. The van der Waals surface area contributed by atoms with Gasteiger partial charge in [-0.2, -0.15) is 0 Å². The Morgan fingerprint density at radius 1 is 1.08 bits per heavy atom. The van der Waals surface area contributed by atoms with E-state index in [0.717, 1.165) is 0 Å². The molecule has 0 bridgehead atoms. The summed E-state index contributed by atoms with van der Waals surface area (Å²) in [5.74, 6) is 0.586. The Balaban J connectivity index is 1.91. The molecule has 0 N–H and O–H groups in total. The number of rotatable bonds is 4. The molecule has 1 fully saturated rings. The van der Waals surface area contributed by atoms with E-state index in [9.17, 15) is 4.79 Å². The minimum atomic E-state index is -0.467. The molecule has 2 aromatic rings. The lowest BCUT2D eigenvalue weighted by molar-refractivity contribution is 0.0157. The first-order chi connectivity index (χ1) is 12.0. The largest absolute Gasteiger partial charge is 0.379 e. The molecule has 0 radical (unpaired) electrons. The van der Waals surface area contributed by atoms with Crippen molar-refractivity contribution in [3.05, 3.63) is 59.7 Å². The molecule has 5 nitrogen and oxygen atoms in total. The molecule has 1 aliphatic rings. The van der Waals surface area contributed by atoms with Gasteiger partial charge in [0.25, 0.3) is 0 Å². The van der Waals surface area contributed by atoms with Gasteiger partial charge in [-0.1, -0.05) is 45.0 Å². The number of hydrogen-bond donors (Lipinski definition) is 0. The summed E-state index contributed by atoms with van der Waals surface area (Å²) in [6.07, 6.45) is 3.37. The van der Waals surface area contributed by atoms with Crippen LogP contribution in [-0.2, 0) is 10.2 Å². The highest BCUT2D eigenvalue weighted by Crippen LogP contribution is 2.26. The summed E-state index contributed by atoms with van der Waals surface area (Å²) in [7, 11) is 0. The standard InChI is InChI=1S/C20H25N3O2/c1-20(2,3)16-7-5-15(6-8-16)18(24)17(19-21-9-4-10-22-19)23-11-13-25-14-12-23/h4-10,17H,11-14H2,1-3H3. The molecule has 0 saturated carbocycles. The molecule has 5 heteroatoms. The van der Waals surface area contributed by atoms with Crippen LogP contribution in [0.25, 0.3) is 0 Å². The lowest BCUT2D eigenvalue weighted by Gasteiger charge is -2.32. The molecular formula is C20H25N3O2. The lowest BCUT2D eigenvalue weighted by atomic mass is 9.86. The van der Waals surface area contributed by atoms with Gasteiger partial charge in [0, 0.05) is 31.0 Å². The number of ketones is 1. The molecule has 1 saturated heterocycles. The van der Waals surface area contributed by atoms with Gasteiger partial charge in [0.05, 0.1) is 13.2 Å². The highest BCUT2D eigenvalue weighted by molar-refractivity contribution is 6.00. The molecule has 3 rings (SSSR count). The van der Waals surface area contributed by atoms with E-state index < -0.39 is 6.04 Å². The van der Waals surface area contributed by atoms with Crippen LogP contribution < -0.4 is 0 Å². The maximum Gasteiger partial charge on any atom is 0.187 e. The first-order valence-electron chi connectivity index (χ1n) is 8.70. The molecule has 1 aliphatic heterocycles. The van der Waals surface area contributed by atoms with Gasteiger partial charge in [0.15, 0.2) is 11.6 Å². The monoisotopic (exact) mass is 339 g/mol. The maximum absolute atomic E-state index is 13.2. The predicted molar refractivity (Wildman–Crippen MR) is 96.6 cm³/mol. The van der Waals surface area contributed by atoms with Crippen molar-refractivity contribution in [1.29, 1.82) is 0 Å². The van der Waals surface area contributed by atoms with E-state index in [-0.39, 0.29) is 11.2 Å². The second kappa shape index (κ2) is 7.42. The van der Waals surface area contributed by atoms with Gasteiger partial charge in [0.1, 0.15) is 6.04 Å². The Morgan fingerprint density at radius 2 is 1.68 bits per heavy atom. The summed E-state index contributed by atoms with van der Waals surface area (Å²) in [6.45, 7) is 9.15. The minimum Gasteiger partial charge on any atom is -0.379 e. The van der Waals surface area contributed by atoms with Gasteiger partial charge < -0.3 is 4.74 Å². The van der Waals surface area contributed by atoms with E-state index >= 15 is 0 Å². The Bertz CT molecular complexity index is 702. The first-order valence-corrected chi connectivity index (χ1v) is 8.70.